The molecule has 1 saturated heterocycles. The van der Waals surface area contributed by atoms with E-state index in [0.717, 1.165) is 3.92 Å². The maximum Gasteiger partial charge on any atom is 0.0550 e. The number of alkyl halides is 1. The zero-order valence-corrected chi connectivity index (χ0v) is 7.48. The SMILES string of the molecule is OCC1CC(I)CS1. The van der Waals surface area contributed by atoms with Crippen LogP contribution in [0.15, 0.2) is 0 Å². The Morgan fingerprint density at radius 3 is 2.75 bits per heavy atom. The van der Waals surface area contributed by atoms with Crippen molar-refractivity contribution in [1.82, 2.24) is 0 Å². The van der Waals surface area contributed by atoms with Gasteiger partial charge in [-0.1, -0.05) is 22.6 Å². The van der Waals surface area contributed by atoms with Crippen LogP contribution in [-0.4, -0.2) is 26.6 Å². The lowest BCUT2D eigenvalue weighted by Crippen LogP contribution is -2.04. The number of hydrogen-bond donors (Lipinski definition) is 1. The summed E-state index contributed by atoms with van der Waals surface area (Å²) in [6.45, 7) is 0.365. The Morgan fingerprint density at radius 1 is 1.75 bits per heavy atom. The molecule has 2 unspecified atom stereocenters. The van der Waals surface area contributed by atoms with E-state index in [1.165, 1.54) is 12.2 Å². The lowest BCUT2D eigenvalue weighted by atomic mass is 10.3. The third-order valence-electron chi connectivity index (χ3n) is 1.24. The van der Waals surface area contributed by atoms with Gasteiger partial charge in [-0.25, -0.2) is 0 Å². The van der Waals surface area contributed by atoms with Crippen LogP contribution in [0.3, 0.4) is 0 Å². The average molecular weight is 244 g/mol. The van der Waals surface area contributed by atoms with E-state index >= 15 is 0 Å². The molecule has 0 aliphatic carbocycles. The van der Waals surface area contributed by atoms with Crippen molar-refractivity contribution in [2.24, 2.45) is 0 Å². The maximum atomic E-state index is 8.66. The minimum Gasteiger partial charge on any atom is -0.395 e. The highest BCUT2D eigenvalue weighted by Crippen LogP contribution is 2.30. The molecule has 48 valence electrons. The van der Waals surface area contributed by atoms with Gasteiger partial charge in [-0.15, -0.1) is 0 Å². The first-order valence-corrected chi connectivity index (χ1v) is 4.99. The van der Waals surface area contributed by atoms with Gasteiger partial charge in [0.15, 0.2) is 0 Å². The average Bonchev–Trinajstić information content (AvgIpc) is 2.14. The zero-order chi connectivity index (χ0) is 5.98. The van der Waals surface area contributed by atoms with Crippen molar-refractivity contribution in [3.05, 3.63) is 0 Å². The molecule has 0 aromatic carbocycles. The van der Waals surface area contributed by atoms with Gasteiger partial charge >= 0.3 is 0 Å². The number of aliphatic hydroxyl groups is 1. The Kier molecular flexibility index (Phi) is 2.92. The van der Waals surface area contributed by atoms with Crippen LogP contribution in [0.25, 0.3) is 0 Å². The second-order valence-electron chi connectivity index (χ2n) is 1.97. The second kappa shape index (κ2) is 3.27. The van der Waals surface area contributed by atoms with E-state index in [2.05, 4.69) is 22.6 Å². The molecule has 3 heteroatoms. The first kappa shape index (κ1) is 7.15. The quantitative estimate of drug-likeness (QED) is 0.554. The molecule has 0 aromatic heterocycles. The minimum atomic E-state index is 0.365. The van der Waals surface area contributed by atoms with E-state index in [0.29, 0.717) is 11.9 Å². The van der Waals surface area contributed by atoms with Crippen LogP contribution in [0.4, 0.5) is 0 Å². The number of thioether (sulfide) groups is 1. The van der Waals surface area contributed by atoms with Crippen molar-refractivity contribution in [3.8, 4) is 0 Å². The summed E-state index contributed by atoms with van der Waals surface area (Å²) in [6, 6.07) is 0. The Hall–Kier alpha value is 1.04. The minimum absolute atomic E-state index is 0.365. The third-order valence-corrected chi connectivity index (χ3v) is 4.19. The van der Waals surface area contributed by atoms with Crippen LogP contribution in [0.1, 0.15) is 6.42 Å². The molecule has 8 heavy (non-hydrogen) atoms. The van der Waals surface area contributed by atoms with E-state index in [-0.39, 0.29) is 0 Å². The first-order chi connectivity index (χ1) is 3.83. The van der Waals surface area contributed by atoms with Crippen molar-refractivity contribution in [2.45, 2.75) is 15.6 Å². The van der Waals surface area contributed by atoms with Gasteiger partial charge in [0.25, 0.3) is 0 Å². The summed E-state index contributed by atoms with van der Waals surface area (Å²) in [6.07, 6.45) is 1.20. The number of aliphatic hydroxyl groups excluding tert-OH is 1. The van der Waals surface area contributed by atoms with E-state index in [9.17, 15) is 0 Å². The monoisotopic (exact) mass is 244 g/mol. The maximum absolute atomic E-state index is 8.66. The van der Waals surface area contributed by atoms with E-state index in [1.807, 2.05) is 11.8 Å². The molecule has 1 fully saturated rings. The van der Waals surface area contributed by atoms with Crippen molar-refractivity contribution in [3.63, 3.8) is 0 Å². The zero-order valence-electron chi connectivity index (χ0n) is 4.51. The molecule has 1 nitrogen and oxygen atoms in total. The molecule has 1 rings (SSSR count). The predicted molar refractivity (Wildman–Crippen MR) is 45.8 cm³/mol. The largest absolute Gasteiger partial charge is 0.395 e. The summed E-state index contributed by atoms with van der Waals surface area (Å²) in [5.74, 6) is 1.23. The van der Waals surface area contributed by atoms with Crippen LogP contribution in [0, 0.1) is 0 Å². The number of hydrogen-bond acceptors (Lipinski definition) is 2. The molecule has 1 aliphatic rings. The van der Waals surface area contributed by atoms with Crippen molar-refractivity contribution in [2.75, 3.05) is 12.4 Å². The van der Waals surface area contributed by atoms with E-state index in [4.69, 9.17) is 5.11 Å². The second-order valence-corrected chi connectivity index (χ2v) is 5.07. The highest BCUT2D eigenvalue weighted by atomic mass is 127. The molecular weight excluding hydrogens is 235 g/mol. The molecule has 0 aromatic rings. The van der Waals surface area contributed by atoms with Gasteiger partial charge in [0.05, 0.1) is 6.61 Å². The van der Waals surface area contributed by atoms with Crippen LogP contribution in [0.5, 0.6) is 0 Å². The summed E-state index contributed by atoms with van der Waals surface area (Å²) in [5.41, 5.74) is 0. The van der Waals surface area contributed by atoms with Gasteiger partial charge < -0.3 is 5.11 Å². The molecule has 1 aliphatic heterocycles. The first-order valence-electron chi connectivity index (χ1n) is 2.69. The Morgan fingerprint density at radius 2 is 2.50 bits per heavy atom. The number of rotatable bonds is 1. The van der Waals surface area contributed by atoms with Crippen molar-refractivity contribution < 1.29 is 5.11 Å². The standard InChI is InChI=1S/C5H9IOS/c6-4-1-5(2-7)8-3-4/h4-5,7H,1-3H2. The lowest BCUT2D eigenvalue weighted by molar-refractivity contribution is 0.293. The Labute approximate surface area is 67.4 Å². The molecule has 1 heterocycles. The highest BCUT2D eigenvalue weighted by Gasteiger charge is 2.21. The predicted octanol–water partition coefficient (Wildman–Crippen LogP) is 1.29. The normalized spacial score (nSPS) is 38.2. The van der Waals surface area contributed by atoms with Gasteiger partial charge in [0.1, 0.15) is 0 Å². The van der Waals surface area contributed by atoms with Gasteiger partial charge in [0, 0.05) is 14.9 Å². The fourth-order valence-electron chi connectivity index (χ4n) is 0.789. The van der Waals surface area contributed by atoms with Crippen LogP contribution in [0.2, 0.25) is 0 Å². The van der Waals surface area contributed by atoms with Gasteiger partial charge in [-0.2, -0.15) is 11.8 Å². The summed E-state index contributed by atoms with van der Waals surface area (Å²) in [5, 5.41) is 9.20. The summed E-state index contributed by atoms with van der Waals surface area (Å²) in [7, 11) is 0. The number of halogens is 1. The molecule has 0 spiro atoms. The fourth-order valence-corrected chi connectivity index (χ4v) is 3.46. The van der Waals surface area contributed by atoms with Crippen LogP contribution in [-0.2, 0) is 0 Å². The Bertz CT molecular complexity index is 78.8. The smallest absolute Gasteiger partial charge is 0.0550 e. The summed E-state index contributed by atoms with van der Waals surface area (Å²) in [4.78, 5) is 0. The van der Waals surface area contributed by atoms with Gasteiger partial charge in [0.2, 0.25) is 0 Å². The van der Waals surface area contributed by atoms with Gasteiger partial charge in [-0.3, -0.25) is 0 Å². The van der Waals surface area contributed by atoms with Crippen molar-refractivity contribution >= 4 is 34.4 Å². The van der Waals surface area contributed by atoms with Crippen molar-refractivity contribution in [1.29, 1.82) is 0 Å². The molecule has 0 radical (unpaired) electrons. The van der Waals surface area contributed by atoms with E-state index < -0.39 is 0 Å². The molecule has 0 amide bonds. The molecule has 0 saturated carbocycles. The summed E-state index contributed by atoms with van der Waals surface area (Å²) >= 11 is 4.33. The molecular formula is C5H9IOS. The third kappa shape index (κ3) is 1.77. The van der Waals surface area contributed by atoms with E-state index in [1.54, 1.807) is 0 Å². The van der Waals surface area contributed by atoms with Gasteiger partial charge in [-0.05, 0) is 6.42 Å². The lowest BCUT2D eigenvalue weighted by Gasteiger charge is -1.99. The van der Waals surface area contributed by atoms with Crippen LogP contribution < -0.4 is 0 Å². The fraction of sp³-hybridized carbons (Fsp3) is 1.00. The molecule has 1 N–H and O–H groups in total. The van der Waals surface area contributed by atoms with Crippen LogP contribution >= 0.6 is 34.4 Å². The summed E-state index contributed by atoms with van der Waals surface area (Å²) < 4.78 is 0.801. The molecule has 2 atom stereocenters. The Balaban J connectivity index is 2.22. The molecule has 0 bridgehead atoms. The topological polar surface area (TPSA) is 20.2 Å². The highest BCUT2D eigenvalue weighted by molar-refractivity contribution is 14.1.